The van der Waals surface area contributed by atoms with E-state index < -0.39 is 5.97 Å². The van der Waals surface area contributed by atoms with Crippen LogP contribution >= 0.6 is 0 Å². The quantitative estimate of drug-likeness (QED) is 0.654. The average molecular weight is 336 g/mol. The first-order valence-corrected chi connectivity index (χ1v) is 8.16. The number of hydrogen-bond donors (Lipinski definition) is 2. The fourth-order valence-corrected chi connectivity index (χ4v) is 2.59. The van der Waals surface area contributed by atoms with Crippen LogP contribution in [0.3, 0.4) is 0 Å². The number of amides is 1. The zero-order chi connectivity index (χ0) is 17.4. The molecule has 0 aromatic heterocycles. The Morgan fingerprint density at radius 3 is 2.50 bits per heavy atom. The number of carbonyl (C=O) groups is 2. The van der Waals surface area contributed by atoms with E-state index in [0.29, 0.717) is 39.3 Å². The van der Waals surface area contributed by atoms with Crippen molar-refractivity contribution in [2.45, 2.75) is 13.3 Å². The zero-order valence-electron chi connectivity index (χ0n) is 13.9. The first-order chi connectivity index (χ1) is 11.6. The van der Waals surface area contributed by atoms with Gasteiger partial charge in [-0.15, -0.1) is 0 Å². The van der Waals surface area contributed by atoms with E-state index in [4.69, 9.17) is 14.6 Å². The lowest BCUT2D eigenvalue weighted by Crippen LogP contribution is -2.38. The normalized spacial score (nSPS) is 17.5. The van der Waals surface area contributed by atoms with Crippen LogP contribution < -0.4 is 14.8 Å². The smallest absolute Gasteiger partial charge is 0.307 e. The molecule has 1 unspecified atom stereocenters. The summed E-state index contributed by atoms with van der Waals surface area (Å²) in [5.74, 6) is 0.249. The van der Waals surface area contributed by atoms with Crippen molar-refractivity contribution in [1.82, 2.24) is 10.2 Å². The highest BCUT2D eigenvalue weighted by Gasteiger charge is 2.28. The minimum atomic E-state index is -0.790. The van der Waals surface area contributed by atoms with Crippen molar-refractivity contribution in [3.05, 3.63) is 24.3 Å². The van der Waals surface area contributed by atoms with Crippen molar-refractivity contribution in [3.63, 3.8) is 0 Å². The van der Waals surface area contributed by atoms with Gasteiger partial charge in [0.25, 0.3) is 0 Å². The molecule has 7 heteroatoms. The number of nitrogens with one attached hydrogen (secondary N) is 1. The molecule has 1 atom stereocenters. The van der Waals surface area contributed by atoms with Gasteiger partial charge in [0.15, 0.2) is 0 Å². The van der Waals surface area contributed by atoms with Gasteiger partial charge in [0.05, 0.1) is 25.6 Å². The molecule has 7 nitrogen and oxygen atoms in total. The topological polar surface area (TPSA) is 88.1 Å². The Morgan fingerprint density at radius 2 is 1.92 bits per heavy atom. The molecule has 0 aliphatic carbocycles. The molecular formula is C17H24N2O5. The third kappa shape index (κ3) is 5.73. The Morgan fingerprint density at radius 1 is 1.25 bits per heavy atom. The number of nitrogens with zero attached hydrogens (tertiary/aromatic N) is 1. The molecule has 0 radical (unpaired) electrons. The zero-order valence-corrected chi connectivity index (χ0v) is 13.9. The highest BCUT2D eigenvalue weighted by Crippen LogP contribution is 2.17. The Labute approximate surface area is 141 Å². The van der Waals surface area contributed by atoms with Crippen LogP contribution in [0.1, 0.15) is 13.3 Å². The highest BCUT2D eigenvalue weighted by atomic mass is 16.5. The van der Waals surface area contributed by atoms with E-state index in [1.807, 2.05) is 36.1 Å². The van der Waals surface area contributed by atoms with Crippen LogP contribution in [0.5, 0.6) is 11.5 Å². The van der Waals surface area contributed by atoms with E-state index in [2.05, 4.69) is 5.32 Å². The molecule has 24 heavy (non-hydrogen) atoms. The number of aliphatic carboxylic acids is 1. The molecule has 1 heterocycles. The fourth-order valence-electron chi connectivity index (χ4n) is 2.59. The molecular weight excluding hydrogens is 312 g/mol. The molecule has 2 N–H and O–H groups in total. The first-order valence-electron chi connectivity index (χ1n) is 8.16. The van der Waals surface area contributed by atoms with Crippen molar-refractivity contribution in [2.24, 2.45) is 5.92 Å². The van der Waals surface area contributed by atoms with Crippen LogP contribution in [0, 0.1) is 5.92 Å². The van der Waals surface area contributed by atoms with E-state index in [9.17, 15) is 9.59 Å². The Hall–Kier alpha value is -2.28. The Kier molecular flexibility index (Phi) is 6.87. The molecule has 1 aromatic carbocycles. The van der Waals surface area contributed by atoms with Gasteiger partial charge in [-0.1, -0.05) is 0 Å². The maximum absolute atomic E-state index is 11.8. The lowest BCUT2D eigenvalue weighted by atomic mass is 10.1. The van der Waals surface area contributed by atoms with E-state index in [1.165, 1.54) is 0 Å². The summed E-state index contributed by atoms with van der Waals surface area (Å²) in [5, 5.41) is 11.7. The molecule has 1 fully saturated rings. The third-order valence-electron chi connectivity index (χ3n) is 3.82. The van der Waals surface area contributed by atoms with Crippen molar-refractivity contribution < 1.29 is 24.2 Å². The van der Waals surface area contributed by atoms with Crippen LogP contribution in [-0.2, 0) is 9.59 Å². The highest BCUT2D eigenvalue weighted by molar-refractivity contribution is 5.78. The van der Waals surface area contributed by atoms with Gasteiger partial charge in [-0.2, -0.15) is 0 Å². The molecule has 1 amide bonds. The van der Waals surface area contributed by atoms with Crippen molar-refractivity contribution in [1.29, 1.82) is 0 Å². The van der Waals surface area contributed by atoms with Crippen molar-refractivity contribution >= 4 is 11.9 Å². The number of carboxylic acids is 1. The monoisotopic (exact) mass is 336 g/mol. The number of carbonyl (C=O) groups excluding carboxylic acids is 1. The van der Waals surface area contributed by atoms with Crippen LogP contribution in [-0.4, -0.2) is 61.3 Å². The van der Waals surface area contributed by atoms with Gasteiger partial charge in [-0.25, -0.2) is 0 Å². The van der Waals surface area contributed by atoms with Crippen molar-refractivity contribution in [2.75, 3.05) is 39.4 Å². The van der Waals surface area contributed by atoms with E-state index in [-0.39, 0.29) is 18.4 Å². The number of likely N-dealkylation sites (tertiary alicyclic amines) is 1. The van der Waals surface area contributed by atoms with Gasteiger partial charge < -0.3 is 19.9 Å². The molecule has 132 valence electrons. The van der Waals surface area contributed by atoms with Gasteiger partial charge >= 0.3 is 5.97 Å². The van der Waals surface area contributed by atoms with E-state index >= 15 is 0 Å². The molecule has 1 aromatic rings. The van der Waals surface area contributed by atoms with Gasteiger partial charge in [0.2, 0.25) is 5.91 Å². The fraction of sp³-hybridized carbons (Fsp3) is 0.529. The predicted molar refractivity (Wildman–Crippen MR) is 88.3 cm³/mol. The lowest BCUT2D eigenvalue weighted by Gasteiger charge is -2.15. The predicted octanol–water partition coefficient (Wildman–Crippen LogP) is 0.987. The van der Waals surface area contributed by atoms with Crippen LogP contribution in [0.15, 0.2) is 24.3 Å². The molecule has 0 saturated carbocycles. The molecule has 0 spiro atoms. The molecule has 1 aliphatic rings. The lowest BCUT2D eigenvalue weighted by molar-refractivity contribution is -0.141. The van der Waals surface area contributed by atoms with Gasteiger partial charge in [0, 0.05) is 6.54 Å². The van der Waals surface area contributed by atoms with Gasteiger partial charge in [-0.3, -0.25) is 14.5 Å². The third-order valence-corrected chi connectivity index (χ3v) is 3.82. The SMILES string of the molecule is CCOc1ccc(OCCNC(=O)CN2CCC(C(=O)O)C2)cc1. The minimum absolute atomic E-state index is 0.115. The Bertz CT molecular complexity index is 546. The largest absolute Gasteiger partial charge is 0.494 e. The van der Waals surface area contributed by atoms with Crippen LogP contribution in [0.25, 0.3) is 0 Å². The second-order valence-electron chi connectivity index (χ2n) is 5.66. The number of hydrogen-bond acceptors (Lipinski definition) is 5. The molecule has 2 rings (SSSR count). The van der Waals surface area contributed by atoms with E-state index in [1.54, 1.807) is 0 Å². The summed E-state index contributed by atoms with van der Waals surface area (Å²) in [6, 6.07) is 7.32. The summed E-state index contributed by atoms with van der Waals surface area (Å²) < 4.78 is 10.9. The first kappa shape index (κ1) is 18.1. The second kappa shape index (κ2) is 9.12. The summed E-state index contributed by atoms with van der Waals surface area (Å²) in [6.45, 7) is 4.64. The molecule has 1 saturated heterocycles. The van der Waals surface area contributed by atoms with E-state index in [0.717, 1.165) is 11.5 Å². The van der Waals surface area contributed by atoms with Gasteiger partial charge in [-0.05, 0) is 44.2 Å². The van der Waals surface area contributed by atoms with Crippen molar-refractivity contribution in [3.8, 4) is 11.5 Å². The molecule has 1 aliphatic heterocycles. The number of benzene rings is 1. The average Bonchev–Trinajstić information content (AvgIpc) is 3.02. The summed E-state index contributed by atoms with van der Waals surface area (Å²) in [4.78, 5) is 24.6. The second-order valence-corrected chi connectivity index (χ2v) is 5.66. The summed E-state index contributed by atoms with van der Waals surface area (Å²) in [7, 11) is 0. The van der Waals surface area contributed by atoms with Crippen LogP contribution in [0.4, 0.5) is 0 Å². The number of rotatable bonds is 9. The summed E-state index contributed by atoms with van der Waals surface area (Å²) in [5.41, 5.74) is 0. The maximum Gasteiger partial charge on any atom is 0.307 e. The summed E-state index contributed by atoms with van der Waals surface area (Å²) >= 11 is 0. The Balaban J connectivity index is 1.60. The number of ether oxygens (including phenoxy) is 2. The maximum atomic E-state index is 11.8. The minimum Gasteiger partial charge on any atom is -0.494 e. The standard InChI is InChI=1S/C17H24N2O5/c1-2-23-14-3-5-15(6-4-14)24-10-8-18-16(20)12-19-9-7-13(11-19)17(21)22/h3-6,13H,2,7-12H2,1H3,(H,18,20)(H,21,22). The molecule has 0 bridgehead atoms. The van der Waals surface area contributed by atoms with Crippen LogP contribution in [0.2, 0.25) is 0 Å². The number of carboxylic acid groups (broad SMARTS) is 1. The van der Waals surface area contributed by atoms with Gasteiger partial charge in [0.1, 0.15) is 18.1 Å². The summed E-state index contributed by atoms with van der Waals surface area (Å²) in [6.07, 6.45) is 0.601.